The van der Waals surface area contributed by atoms with Crippen molar-refractivity contribution in [2.24, 2.45) is 0 Å². The van der Waals surface area contributed by atoms with E-state index >= 15 is 0 Å². The fraction of sp³-hybridized carbons (Fsp3) is 0.500. The molecule has 0 aliphatic rings. The molecule has 1 heterocycles. The molecule has 0 spiro atoms. The summed E-state index contributed by atoms with van der Waals surface area (Å²) in [5.41, 5.74) is -0.488. The Morgan fingerprint density at radius 3 is 2.69 bits per heavy atom. The molecule has 88 valence electrons. The summed E-state index contributed by atoms with van der Waals surface area (Å²) in [6.45, 7) is 3.37. The van der Waals surface area contributed by atoms with Gasteiger partial charge in [-0.2, -0.15) is 0 Å². The number of amides is 1. The fourth-order valence-electron chi connectivity index (χ4n) is 0.998. The van der Waals surface area contributed by atoms with Gasteiger partial charge in [0.1, 0.15) is 10.8 Å². The number of halogens is 1. The van der Waals surface area contributed by atoms with Crippen molar-refractivity contribution >= 4 is 17.5 Å². The summed E-state index contributed by atoms with van der Waals surface area (Å²) in [7, 11) is 1.60. The Morgan fingerprint density at radius 1 is 1.56 bits per heavy atom. The van der Waals surface area contributed by atoms with Crippen molar-refractivity contribution < 1.29 is 9.90 Å². The van der Waals surface area contributed by atoms with Crippen LogP contribution in [0, 0.1) is 0 Å². The van der Waals surface area contributed by atoms with Crippen LogP contribution >= 0.6 is 11.6 Å². The van der Waals surface area contributed by atoms with Gasteiger partial charge in [0.05, 0.1) is 24.5 Å². The molecule has 0 radical (unpaired) electrons. The van der Waals surface area contributed by atoms with Gasteiger partial charge in [0.15, 0.2) is 0 Å². The van der Waals surface area contributed by atoms with Crippen LogP contribution in [0.15, 0.2) is 12.4 Å². The minimum atomic E-state index is -0.652. The first-order valence-corrected chi connectivity index (χ1v) is 5.13. The first-order valence-electron chi connectivity index (χ1n) is 4.75. The zero-order chi connectivity index (χ0) is 12.3. The van der Waals surface area contributed by atoms with E-state index in [1.54, 1.807) is 20.9 Å². The number of carbonyl (C=O) groups excluding carboxylic acids is 1. The van der Waals surface area contributed by atoms with Crippen molar-refractivity contribution in [2.75, 3.05) is 13.7 Å². The van der Waals surface area contributed by atoms with Crippen molar-refractivity contribution in [1.82, 2.24) is 14.9 Å². The number of aliphatic hydroxyl groups is 1. The number of hydrogen-bond donors (Lipinski definition) is 1. The van der Waals surface area contributed by atoms with Gasteiger partial charge in [0, 0.05) is 7.05 Å². The number of aromatic nitrogens is 2. The number of carbonyl (C=O) groups is 1. The normalized spacial score (nSPS) is 11.3. The molecular weight excluding hydrogens is 230 g/mol. The summed E-state index contributed by atoms with van der Waals surface area (Å²) in [6, 6.07) is 0. The van der Waals surface area contributed by atoms with E-state index in [1.807, 2.05) is 0 Å². The second-order valence-electron chi connectivity index (χ2n) is 4.06. The molecule has 0 saturated carbocycles. The smallest absolute Gasteiger partial charge is 0.274 e. The maximum absolute atomic E-state index is 12.0. The fourth-order valence-corrected chi connectivity index (χ4v) is 1.15. The van der Waals surface area contributed by atoms with E-state index in [0.29, 0.717) is 0 Å². The lowest BCUT2D eigenvalue weighted by Crippen LogP contribution is -2.47. The third-order valence-electron chi connectivity index (χ3n) is 2.42. The molecule has 0 saturated heterocycles. The standard InChI is InChI=1S/C10H14ClN3O2/c1-10(2,6-15)14(3)9(16)7-4-12-5-8(11)13-7/h4-5,15H,6H2,1-3H3. The molecule has 0 aromatic carbocycles. The Kier molecular flexibility index (Phi) is 3.83. The number of likely N-dealkylation sites (N-methyl/N-ethyl adjacent to an activating group) is 1. The summed E-state index contributed by atoms with van der Waals surface area (Å²) >= 11 is 5.65. The third kappa shape index (κ3) is 2.68. The van der Waals surface area contributed by atoms with Gasteiger partial charge < -0.3 is 10.0 Å². The van der Waals surface area contributed by atoms with Gasteiger partial charge >= 0.3 is 0 Å². The van der Waals surface area contributed by atoms with Crippen LogP contribution in [0.1, 0.15) is 24.3 Å². The maximum atomic E-state index is 12.0. The van der Waals surface area contributed by atoms with Crippen LogP contribution in [0.3, 0.4) is 0 Å². The summed E-state index contributed by atoms with van der Waals surface area (Å²) in [5.74, 6) is -0.325. The molecule has 1 rings (SSSR count). The van der Waals surface area contributed by atoms with Crippen molar-refractivity contribution in [3.8, 4) is 0 Å². The number of rotatable bonds is 3. The summed E-state index contributed by atoms with van der Waals surface area (Å²) < 4.78 is 0. The molecule has 0 fully saturated rings. The van der Waals surface area contributed by atoms with Crippen molar-refractivity contribution in [2.45, 2.75) is 19.4 Å². The highest BCUT2D eigenvalue weighted by molar-refractivity contribution is 6.29. The average molecular weight is 244 g/mol. The Morgan fingerprint density at radius 2 is 2.19 bits per heavy atom. The Balaban J connectivity index is 2.95. The Hall–Kier alpha value is -1.20. The lowest BCUT2D eigenvalue weighted by atomic mass is 10.0. The van der Waals surface area contributed by atoms with Crippen LogP contribution < -0.4 is 0 Å². The molecular formula is C10H14ClN3O2. The van der Waals surface area contributed by atoms with E-state index < -0.39 is 5.54 Å². The summed E-state index contributed by atoms with van der Waals surface area (Å²) in [4.78, 5) is 21.0. The van der Waals surface area contributed by atoms with E-state index in [1.165, 1.54) is 17.3 Å². The summed E-state index contributed by atoms with van der Waals surface area (Å²) in [6.07, 6.45) is 2.70. The van der Waals surface area contributed by atoms with Crippen LogP contribution in [0.2, 0.25) is 5.15 Å². The zero-order valence-electron chi connectivity index (χ0n) is 9.44. The van der Waals surface area contributed by atoms with E-state index in [-0.39, 0.29) is 23.4 Å². The van der Waals surface area contributed by atoms with E-state index in [0.717, 1.165) is 0 Å². The molecule has 0 unspecified atom stereocenters. The van der Waals surface area contributed by atoms with Gasteiger partial charge in [-0.15, -0.1) is 0 Å². The Labute approximate surface area is 99.1 Å². The highest BCUT2D eigenvalue weighted by Gasteiger charge is 2.28. The molecule has 0 atom stereocenters. The predicted molar refractivity (Wildman–Crippen MR) is 60.3 cm³/mol. The van der Waals surface area contributed by atoms with Gasteiger partial charge in [0.2, 0.25) is 0 Å². The molecule has 16 heavy (non-hydrogen) atoms. The van der Waals surface area contributed by atoms with Crippen LogP contribution in [0.25, 0.3) is 0 Å². The van der Waals surface area contributed by atoms with Gasteiger partial charge in [0.25, 0.3) is 5.91 Å². The minimum Gasteiger partial charge on any atom is -0.394 e. The molecule has 1 N–H and O–H groups in total. The average Bonchev–Trinajstić information content (AvgIpc) is 2.27. The number of hydrogen-bond acceptors (Lipinski definition) is 4. The monoisotopic (exact) mass is 243 g/mol. The highest BCUT2D eigenvalue weighted by Crippen LogP contribution is 2.14. The lowest BCUT2D eigenvalue weighted by molar-refractivity contribution is 0.0467. The first-order chi connectivity index (χ1) is 7.38. The molecule has 1 aromatic rings. The van der Waals surface area contributed by atoms with Crippen LogP contribution in [-0.2, 0) is 0 Å². The quantitative estimate of drug-likeness (QED) is 0.859. The highest BCUT2D eigenvalue weighted by atomic mass is 35.5. The maximum Gasteiger partial charge on any atom is 0.274 e. The van der Waals surface area contributed by atoms with Crippen LogP contribution in [0.5, 0.6) is 0 Å². The van der Waals surface area contributed by atoms with E-state index in [4.69, 9.17) is 16.7 Å². The van der Waals surface area contributed by atoms with Gasteiger partial charge in [-0.05, 0) is 13.8 Å². The lowest BCUT2D eigenvalue weighted by Gasteiger charge is -2.33. The van der Waals surface area contributed by atoms with Gasteiger partial charge in [-0.25, -0.2) is 4.98 Å². The van der Waals surface area contributed by atoms with Crippen LogP contribution in [-0.4, -0.2) is 45.1 Å². The van der Waals surface area contributed by atoms with Crippen molar-refractivity contribution in [3.63, 3.8) is 0 Å². The molecule has 1 aromatic heterocycles. The molecule has 0 aliphatic carbocycles. The van der Waals surface area contributed by atoms with Crippen molar-refractivity contribution in [3.05, 3.63) is 23.2 Å². The molecule has 6 heteroatoms. The SMILES string of the molecule is CN(C(=O)c1cncc(Cl)n1)C(C)(C)CO. The first kappa shape index (κ1) is 12.9. The molecule has 1 amide bonds. The van der Waals surface area contributed by atoms with Crippen molar-refractivity contribution in [1.29, 1.82) is 0 Å². The van der Waals surface area contributed by atoms with E-state index in [9.17, 15) is 4.79 Å². The largest absolute Gasteiger partial charge is 0.394 e. The van der Waals surface area contributed by atoms with Crippen LogP contribution in [0.4, 0.5) is 0 Å². The second kappa shape index (κ2) is 4.76. The predicted octanol–water partition coefficient (Wildman–Crippen LogP) is 0.973. The minimum absolute atomic E-state index is 0.136. The molecule has 5 nitrogen and oxygen atoms in total. The van der Waals surface area contributed by atoms with Gasteiger partial charge in [-0.3, -0.25) is 9.78 Å². The third-order valence-corrected chi connectivity index (χ3v) is 2.61. The van der Waals surface area contributed by atoms with E-state index in [2.05, 4.69) is 9.97 Å². The topological polar surface area (TPSA) is 66.3 Å². The number of aliphatic hydroxyl groups excluding tert-OH is 1. The molecule has 0 bridgehead atoms. The number of nitrogens with zero attached hydrogens (tertiary/aromatic N) is 3. The molecule has 0 aliphatic heterocycles. The second-order valence-corrected chi connectivity index (χ2v) is 4.45. The summed E-state index contributed by atoms with van der Waals surface area (Å²) in [5, 5.41) is 9.33. The van der Waals surface area contributed by atoms with Gasteiger partial charge in [-0.1, -0.05) is 11.6 Å². The Bertz CT molecular complexity index is 395. The zero-order valence-corrected chi connectivity index (χ0v) is 10.2.